The van der Waals surface area contributed by atoms with Crippen molar-refractivity contribution >= 4 is 22.5 Å². The minimum Gasteiger partial charge on any atom is -0.344 e. The van der Waals surface area contributed by atoms with Crippen LogP contribution in [0.25, 0.3) is 10.9 Å². The summed E-state index contributed by atoms with van der Waals surface area (Å²) < 4.78 is 2.41. The Morgan fingerprint density at radius 1 is 1.10 bits per heavy atom. The fraction of sp³-hybridized carbons (Fsp3) is 0.529. The van der Waals surface area contributed by atoms with E-state index in [9.17, 15) is 0 Å². The Labute approximate surface area is 126 Å². The standard InChI is InChI=1S/C17H23ClN2/c1-2-20-14(13-19-10-5-3-4-6-11-19)12-15-16(18)8-7-9-17(15)20/h7-9,12H,2-6,10-11,13H2,1H3. The summed E-state index contributed by atoms with van der Waals surface area (Å²) in [5.74, 6) is 0. The number of nitrogens with zero attached hydrogens (tertiary/aromatic N) is 2. The first kappa shape index (κ1) is 14.0. The van der Waals surface area contributed by atoms with E-state index in [-0.39, 0.29) is 0 Å². The molecule has 20 heavy (non-hydrogen) atoms. The molecule has 0 N–H and O–H groups in total. The smallest absolute Gasteiger partial charge is 0.0499 e. The zero-order valence-electron chi connectivity index (χ0n) is 12.2. The monoisotopic (exact) mass is 290 g/mol. The topological polar surface area (TPSA) is 8.17 Å². The molecule has 0 radical (unpaired) electrons. The summed E-state index contributed by atoms with van der Waals surface area (Å²) in [6.45, 7) is 6.75. The van der Waals surface area contributed by atoms with Crippen LogP contribution in [0.2, 0.25) is 5.02 Å². The SMILES string of the molecule is CCn1c(CN2CCCCCC2)cc2c(Cl)cccc21. The fourth-order valence-electron chi connectivity index (χ4n) is 3.33. The lowest BCUT2D eigenvalue weighted by molar-refractivity contribution is 0.270. The third-order valence-corrected chi connectivity index (χ3v) is 4.71. The van der Waals surface area contributed by atoms with Crippen molar-refractivity contribution < 1.29 is 0 Å². The Hall–Kier alpha value is -0.990. The Bertz CT molecular complexity index is 580. The highest BCUT2D eigenvalue weighted by atomic mass is 35.5. The van der Waals surface area contributed by atoms with Crippen LogP contribution in [0.1, 0.15) is 38.3 Å². The second kappa shape index (κ2) is 6.19. The first-order valence-corrected chi connectivity index (χ1v) is 8.16. The van der Waals surface area contributed by atoms with Gasteiger partial charge in [-0.1, -0.05) is 30.5 Å². The van der Waals surface area contributed by atoms with Crippen molar-refractivity contribution in [1.29, 1.82) is 0 Å². The molecule has 0 unspecified atom stereocenters. The minimum absolute atomic E-state index is 0.867. The fourth-order valence-corrected chi connectivity index (χ4v) is 3.56. The maximum Gasteiger partial charge on any atom is 0.0499 e. The molecule has 0 spiro atoms. The number of fused-ring (bicyclic) bond motifs is 1. The molecule has 0 bridgehead atoms. The molecule has 0 aliphatic carbocycles. The normalized spacial score (nSPS) is 17.5. The van der Waals surface area contributed by atoms with E-state index in [1.807, 2.05) is 12.1 Å². The maximum absolute atomic E-state index is 6.34. The molecule has 2 heterocycles. The third-order valence-electron chi connectivity index (χ3n) is 4.38. The van der Waals surface area contributed by atoms with Gasteiger partial charge in [-0.3, -0.25) is 4.90 Å². The molecule has 3 rings (SSSR count). The lowest BCUT2D eigenvalue weighted by Gasteiger charge is -2.20. The van der Waals surface area contributed by atoms with Crippen LogP contribution < -0.4 is 0 Å². The highest BCUT2D eigenvalue weighted by molar-refractivity contribution is 6.35. The molecule has 1 fully saturated rings. The van der Waals surface area contributed by atoms with Gasteiger partial charge in [0.25, 0.3) is 0 Å². The van der Waals surface area contributed by atoms with Gasteiger partial charge in [-0.15, -0.1) is 0 Å². The molecule has 2 aromatic rings. The summed E-state index contributed by atoms with van der Waals surface area (Å²) in [4.78, 5) is 2.60. The van der Waals surface area contributed by atoms with Gasteiger partial charge >= 0.3 is 0 Å². The molecule has 1 aliphatic heterocycles. The van der Waals surface area contributed by atoms with Crippen LogP contribution in [0.15, 0.2) is 24.3 Å². The predicted molar refractivity (Wildman–Crippen MR) is 86.4 cm³/mol. The van der Waals surface area contributed by atoms with Crippen LogP contribution in [0.3, 0.4) is 0 Å². The van der Waals surface area contributed by atoms with Crippen LogP contribution in [-0.4, -0.2) is 22.6 Å². The second-order valence-electron chi connectivity index (χ2n) is 5.74. The summed E-state index contributed by atoms with van der Waals surface area (Å²) in [7, 11) is 0. The number of aromatic nitrogens is 1. The van der Waals surface area contributed by atoms with Crippen molar-refractivity contribution in [3.63, 3.8) is 0 Å². The van der Waals surface area contributed by atoms with E-state index >= 15 is 0 Å². The van der Waals surface area contributed by atoms with E-state index < -0.39 is 0 Å². The molecule has 1 aliphatic rings. The molecular weight excluding hydrogens is 268 g/mol. The third kappa shape index (κ3) is 2.72. The number of hydrogen-bond acceptors (Lipinski definition) is 1. The van der Waals surface area contributed by atoms with Gasteiger partial charge in [0.15, 0.2) is 0 Å². The van der Waals surface area contributed by atoms with E-state index in [1.54, 1.807) is 0 Å². The van der Waals surface area contributed by atoms with Gasteiger partial charge in [0.05, 0.1) is 0 Å². The lowest BCUT2D eigenvalue weighted by Crippen LogP contribution is -2.25. The van der Waals surface area contributed by atoms with Crippen LogP contribution in [0.4, 0.5) is 0 Å². The van der Waals surface area contributed by atoms with Crippen molar-refractivity contribution in [2.45, 2.75) is 45.7 Å². The largest absolute Gasteiger partial charge is 0.344 e. The average Bonchev–Trinajstić information content (AvgIpc) is 2.62. The molecule has 0 atom stereocenters. The molecule has 0 saturated carbocycles. The number of halogens is 1. The lowest BCUT2D eigenvalue weighted by atomic mass is 10.2. The van der Waals surface area contributed by atoms with Crippen LogP contribution >= 0.6 is 11.6 Å². The zero-order valence-corrected chi connectivity index (χ0v) is 13.0. The summed E-state index contributed by atoms with van der Waals surface area (Å²) in [6, 6.07) is 8.49. The highest BCUT2D eigenvalue weighted by Gasteiger charge is 2.14. The number of benzene rings is 1. The number of likely N-dealkylation sites (tertiary alicyclic amines) is 1. The van der Waals surface area contributed by atoms with Gasteiger partial charge in [-0.25, -0.2) is 0 Å². The summed E-state index contributed by atoms with van der Waals surface area (Å²) in [5.41, 5.74) is 2.67. The van der Waals surface area contributed by atoms with Gasteiger partial charge in [-0.05, 0) is 51.1 Å². The Kier molecular flexibility index (Phi) is 4.32. The quantitative estimate of drug-likeness (QED) is 0.796. The minimum atomic E-state index is 0.867. The second-order valence-corrected chi connectivity index (χ2v) is 6.15. The molecule has 2 nitrogen and oxygen atoms in total. The molecule has 1 aromatic heterocycles. The first-order valence-electron chi connectivity index (χ1n) is 7.78. The van der Waals surface area contributed by atoms with E-state index in [0.717, 1.165) is 18.1 Å². The van der Waals surface area contributed by atoms with Crippen molar-refractivity contribution in [3.8, 4) is 0 Å². The first-order chi connectivity index (χ1) is 9.79. The van der Waals surface area contributed by atoms with Crippen molar-refractivity contribution in [2.24, 2.45) is 0 Å². The van der Waals surface area contributed by atoms with Gasteiger partial charge in [0.1, 0.15) is 0 Å². The van der Waals surface area contributed by atoms with Crippen LogP contribution in [0.5, 0.6) is 0 Å². The van der Waals surface area contributed by atoms with Crippen molar-refractivity contribution in [2.75, 3.05) is 13.1 Å². The molecule has 1 saturated heterocycles. The van der Waals surface area contributed by atoms with Crippen molar-refractivity contribution in [1.82, 2.24) is 9.47 Å². The van der Waals surface area contributed by atoms with Gasteiger partial charge in [0, 0.05) is 34.7 Å². The number of aryl methyl sites for hydroxylation is 1. The molecular formula is C17H23ClN2. The molecule has 108 valence electrons. The van der Waals surface area contributed by atoms with Crippen LogP contribution in [0, 0.1) is 0 Å². The highest BCUT2D eigenvalue weighted by Crippen LogP contribution is 2.28. The van der Waals surface area contributed by atoms with E-state index in [1.165, 1.54) is 55.4 Å². The maximum atomic E-state index is 6.34. The molecule has 3 heteroatoms. The summed E-state index contributed by atoms with van der Waals surface area (Å²) >= 11 is 6.34. The summed E-state index contributed by atoms with van der Waals surface area (Å²) in [6.07, 6.45) is 5.46. The van der Waals surface area contributed by atoms with Crippen molar-refractivity contribution in [3.05, 3.63) is 35.0 Å². The Balaban J connectivity index is 1.92. The van der Waals surface area contributed by atoms with Gasteiger partial charge < -0.3 is 4.57 Å². The number of rotatable bonds is 3. The van der Waals surface area contributed by atoms with Gasteiger partial charge in [-0.2, -0.15) is 0 Å². The Morgan fingerprint density at radius 3 is 2.55 bits per heavy atom. The van der Waals surface area contributed by atoms with E-state index in [2.05, 4.69) is 28.5 Å². The van der Waals surface area contributed by atoms with E-state index in [4.69, 9.17) is 11.6 Å². The number of hydrogen-bond donors (Lipinski definition) is 0. The predicted octanol–water partition coefficient (Wildman–Crippen LogP) is 4.69. The molecule has 0 amide bonds. The van der Waals surface area contributed by atoms with Crippen LogP contribution in [-0.2, 0) is 13.1 Å². The van der Waals surface area contributed by atoms with E-state index in [0.29, 0.717) is 0 Å². The zero-order chi connectivity index (χ0) is 13.9. The Morgan fingerprint density at radius 2 is 1.85 bits per heavy atom. The van der Waals surface area contributed by atoms with Gasteiger partial charge in [0.2, 0.25) is 0 Å². The summed E-state index contributed by atoms with van der Waals surface area (Å²) in [5, 5.41) is 2.06. The average molecular weight is 291 g/mol. The molecule has 1 aromatic carbocycles.